The highest BCUT2D eigenvalue weighted by molar-refractivity contribution is 5.15. The summed E-state index contributed by atoms with van der Waals surface area (Å²) in [4.78, 5) is 8.11. The summed E-state index contributed by atoms with van der Waals surface area (Å²) >= 11 is 0. The van der Waals surface area contributed by atoms with Crippen molar-refractivity contribution in [3.8, 4) is 0 Å². The lowest BCUT2D eigenvalue weighted by atomic mass is 10.1. The number of hydrogen-bond donors (Lipinski definition) is 0. The molecule has 0 unspecified atom stereocenters. The van der Waals surface area contributed by atoms with Crippen LogP contribution in [0.1, 0.15) is 39.0 Å². The van der Waals surface area contributed by atoms with Gasteiger partial charge in [0.05, 0.1) is 0 Å². The Labute approximate surface area is 75.1 Å². The van der Waals surface area contributed by atoms with E-state index in [1.165, 1.54) is 11.3 Å². The van der Waals surface area contributed by atoms with Crippen molar-refractivity contribution in [2.75, 3.05) is 0 Å². The van der Waals surface area contributed by atoms with Crippen LogP contribution in [-0.4, -0.2) is 9.97 Å². The second kappa shape index (κ2) is 6.77. The molecule has 0 spiro atoms. The highest BCUT2D eigenvalue weighted by atomic mass is 14.8. The van der Waals surface area contributed by atoms with E-state index in [-0.39, 0.29) is 0 Å². The first-order chi connectivity index (χ1) is 5.88. The number of nitrogens with zero attached hydrogens (tertiary/aromatic N) is 2. The topological polar surface area (TPSA) is 25.8 Å². The van der Waals surface area contributed by atoms with Crippen molar-refractivity contribution in [3.05, 3.63) is 23.8 Å². The molecule has 0 saturated heterocycles. The van der Waals surface area contributed by atoms with Gasteiger partial charge in [0.25, 0.3) is 0 Å². The average molecular weight is 166 g/mol. The number of hydrogen-bond acceptors (Lipinski definition) is 2. The van der Waals surface area contributed by atoms with Crippen molar-refractivity contribution in [3.63, 3.8) is 0 Å². The van der Waals surface area contributed by atoms with Crippen LogP contribution in [0.15, 0.2) is 12.5 Å². The summed E-state index contributed by atoms with van der Waals surface area (Å²) in [7, 11) is 0. The van der Waals surface area contributed by atoms with Gasteiger partial charge in [-0.15, -0.1) is 0 Å². The molecule has 2 heteroatoms. The highest BCUT2D eigenvalue weighted by Gasteiger charge is 1.96. The zero-order chi connectivity index (χ0) is 9.40. The fraction of sp³-hybridized carbons (Fsp3) is 0.600. The van der Waals surface area contributed by atoms with Crippen LogP contribution in [0.5, 0.6) is 0 Å². The summed E-state index contributed by atoms with van der Waals surface area (Å²) in [5.41, 5.74) is 2.45. The quantitative estimate of drug-likeness (QED) is 0.675. The van der Waals surface area contributed by atoms with Crippen molar-refractivity contribution in [1.29, 1.82) is 0 Å². The molecule has 12 heavy (non-hydrogen) atoms. The number of aryl methyl sites for hydroxylation is 2. The van der Waals surface area contributed by atoms with E-state index >= 15 is 0 Å². The van der Waals surface area contributed by atoms with Gasteiger partial charge in [-0.1, -0.05) is 27.7 Å². The predicted molar refractivity (Wildman–Crippen MR) is 52.1 cm³/mol. The van der Waals surface area contributed by atoms with E-state index in [0.717, 1.165) is 12.8 Å². The van der Waals surface area contributed by atoms with Gasteiger partial charge in [0.2, 0.25) is 0 Å². The summed E-state index contributed by atoms with van der Waals surface area (Å²) in [5, 5.41) is 0. The number of aromatic nitrogens is 2. The average Bonchev–Trinajstić information content (AvgIpc) is 2.20. The molecule has 68 valence electrons. The molecule has 0 fully saturated rings. The van der Waals surface area contributed by atoms with Gasteiger partial charge in [0.15, 0.2) is 0 Å². The van der Waals surface area contributed by atoms with Gasteiger partial charge < -0.3 is 0 Å². The summed E-state index contributed by atoms with van der Waals surface area (Å²) < 4.78 is 0. The predicted octanol–water partition coefficient (Wildman–Crippen LogP) is 2.63. The Hall–Kier alpha value is -0.920. The molecule has 1 heterocycles. The van der Waals surface area contributed by atoms with E-state index in [4.69, 9.17) is 0 Å². The molecule has 0 radical (unpaired) electrons. The maximum Gasteiger partial charge on any atom is 0.115 e. The van der Waals surface area contributed by atoms with Crippen molar-refractivity contribution in [1.82, 2.24) is 9.97 Å². The minimum absolute atomic E-state index is 1.01. The third-order valence-corrected chi connectivity index (χ3v) is 1.60. The molecule has 1 aromatic heterocycles. The first-order valence-corrected chi connectivity index (χ1v) is 4.66. The first kappa shape index (κ1) is 11.1. The molecule has 0 aliphatic heterocycles. The van der Waals surface area contributed by atoms with Crippen molar-refractivity contribution in [2.45, 2.75) is 40.5 Å². The maximum absolute atomic E-state index is 4.16. The summed E-state index contributed by atoms with van der Waals surface area (Å²) in [5.74, 6) is 0. The van der Waals surface area contributed by atoms with Crippen LogP contribution >= 0.6 is 0 Å². The summed E-state index contributed by atoms with van der Waals surface area (Å²) in [6, 6.07) is 0. The Kier molecular flexibility index (Phi) is 6.25. The fourth-order valence-corrected chi connectivity index (χ4v) is 0.997. The second-order valence-electron chi connectivity index (χ2n) is 2.20. The number of rotatable bonds is 2. The molecule has 2 nitrogen and oxygen atoms in total. The van der Waals surface area contributed by atoms with Crippen LogP contribution in [-0.2, 0) is 12.8 Å². The fourth-order valence-electron chi connectivity index (χ4n) is 0.997. The largest absolute Gasteiger partial charge is 0.245 e. The van der Waals surface area contributed by atoms with Crippen LogP contribution in [0.3, 0.4) is 0 Å². The van der Waals surface area contributed by atoms with Crippen LogP contribution in [0.4, 0.5) is 0 Å². The molecule has 1 rings (SSSR count). The standard InChI is InChI=1S/C8H12N2.C2H6/c1-3-7-5-9-6-10-8(7)4-2;1-2/h5-6H,3-4H2,1-2H3;1-2H3. The Balaban J connectivity index is 0.000000561. The van der Waals surface area contributed by atoms with E-state index < -0.39 is 0 Å². The molecule has 0 bridgehead atoms. The van der Waals surface area contributed by atoms with Gasteiger partial charge in [-0.2, -0.15) is 0 Å². The van der Waals surface area contributed by atoms with Crippen LogP contribution < -0.4 is 0 Å². The highest BCUT2D eigenvalue weighted by Crippen LogP contribution is 2.03. The zero-order valence-corrected chi connectivity index (χ0v) is 8.46. The molecular weight excluding hydrogens is 148 g/mol. The molecular formula is C10H18N2. The first-order valence-electron chi connectivity index (χ1n) is 4.66. The molecule has 0 amide bonds. The lowest BCUT2D eigenvalue weighted by Crippen LogP contribution is -1.95. The maximum atomic E-state index is 4.16. The molecule has 0 saturated carbocycles. The SMILES string of the molecule is CC.CCc1cncnc1CC. The zero-order valence-electron chi connectivity index (χ0n) is 8.46. The molecule has 0 aliphatic carbocycles. The van der Waals surface area contributed by atoms with Crippen LogP contribution in [0.25, 0.3) is 0 Å². The molecule has 0 atom stereocenters. The monoisotopic (exact) mass is 166 g/mol. The van der Waals surface area contributed by atoms with Crippen LogP contribution in [0, 0.1) is 0 Å². The molecule has 0 aliphatic rings. The van der Waals surface area contributed by atoms with Crippen molar-refractivity contribution < 1.29 is 0 Å². The van der Waals surface area contributed by atoms with Gasteiger partial charge in [-0.3, -0.25) is 0 Å². The third-order valence-electron chi connectivity index (χ3n) is 1.60. The van der Waals surface area contributed by atoms with Gasteiger partial charge in [-0.05, 0) is 18.4 Å². The van der Waals surface area contributed by atoms with Gasteiger partial charge in [0.1, 0.15) is 6.33 Å². The lowest BCUT2D eigenvalue weighted by molar-refractivity contribution is 0.930. The van der Waals surface area contributed by atoms with Gasteiger partial charge in [-0.25, -0.2) is 9.97 Å². The molecule has 1 aromatic rings. The van der Waals surface area contributed by atoms with Crippen molar-refractivity contribution in [2.24, 2.45) is 0 Å². The van der Waals surface area contributed by atoms with E-state index in [9.17, 15) is 0 Å². The van der Waals surface area contributed by atoms with E-state index in [2.05, 4.69) is 23.8 Å². The second-order valence-corrected chi connectivity index (χ2v) is 2.20. The lowest BCUT2D eigenvalue weighted by Gasteiger charge is -2.00. The van der Waals surface area contributed by atoms with Gasteiger partial charge >= 0.3 is 0 Å². The Morgan fingerprint density at radius 3 is 2.25 bits per heavy atom. The van der Waals surface area contributed by atoms with Crippen molar-refractivity contribution >= 4 is 0 Å². The van der Waals surface area contributed by atoms with E-state index in [0.29, 0.717) is 0 Å². The van der Waals surface area contributed by atoms with E-state index in [1.54, 1.807) is 6.33 Å². The van der Waals surface area contributed by atoms with E-state index in [1.807, 2.05) is 20.0 Å². The Bertz CT molecular complexity index is 186. The minimum Gasteiger partial charge on any atom is -0.245 e. The third kappa shape index (κ3) is 2.99. The normalized spacial score (nSPS) is 8.67. The Morgan fingerprint density at radius 2 is 1.83 bits per heavy atom. The summed E-state index contributed by atoms with van der Waals surface area (Å²) in [6.07, 6.45) is 5.54. The summed E-state index contributed by atoms with van der Waals surface area (Å²) in [6.45, 7) is 8.24. The molecule has 0 N–H and O–H groups in total. The Morgan fingerprint density at radius 1 is 1.17 bits per heavy atom. The minimum atomic E-state index is 1.01. The van der Waals surface area contributed by atoms with Gasteiger partial charge in [0, 0.05) is 11.9 Å². The molecule has 0 aromatic carbocycles. The smallest absolute Gasteiger partial charge is 0.115 e. The van der Waals surface area contributed by atoms with Crippen LogP contribution in [0.2, 0.25) is 0 Å².